The van der Waals surface area contributed by atoms with Gasteiger partial charge in [0, 0.05) is 17.3 Å². The molecule has 19 heavy (non-hydrogen) atoms. The van der Waals surface area contributed by atoms with Gasteiger partial charge in [-0.2, -0.15) is 0 Å². The Hall–Kier alpha value is -1.32. The van der Waals surface area contributed by atoms with Crippen LogP contribution in [0.2, 0.25) is 0 Å². The molecule has 1 aliphatic rings. The number of likely N-dealkylation sites (N-methyl/N-ethyl adjacent to an activating group) is 1. The molecule has 1 unspecified atom stereocenters. The van der Waals surface area contributed by atoms with Gasteiger partial charge in [0.05, 0.1) is 6.10 Å². The van der Waals surface area contributed by atoms with Gasteiger partial charge in [-0.25, -0.2) is 0 Å². The van der Waals surface area contributed by atoms with E-state index in [0.29, 0.717) is 12.1 Å². The van der Waals surface area contributed by atoms with Crippen molar-refractivity contribution in [2.75, 3.05) is 7.05 Å². The van der Waals surface area contributed by atoms with Crippen molar-refractivity contribution in [3.8, 4) is 5.75 Å². The van der Waals surface area contributed by atoms with Crippen LogP contribution in [0.5, 0.6) is 5.75 Å². The predicted molar refractivity (Wildman–Crippen MR) is 79.9 cm³/mol. The van der Waals surface area contributed by atoms with Gasteiger partial charge in [0.1, 0.15) is 5.75 Å². The maximum absolute atomic E-state index is 5.87. The third-order valence-electron chi connectivity index (χ3n) is 3.42. The molecule has 1 atom stereocenters. The highest BCUT2D eigenvalue weighted by atomic mass is 32.1. The van der Waals surface area contributed by atoms with Crippen LogP contribution in [0, 0.1) is 0 Å². The molecule has 1 aliphatic carbocycles. The summed E-state index contributed by atoms with van der Waals surface area (Å²) >= 11 is 1.81. The zero-order valence-electron chi connectivity index (χ0n) is 11.1. The Morgan fingerprint density at radius 1 is 1.32 bits per heavy atom. The van der Waals surface area contributed by atoms with E-state index >= 15 is 0 Å². The zero-order valence-corrected chi connectivity index (χ0v) is 12.0. The molecule has 100 valence electrons. The van der Waals surface area contributed by atoms with E-state index in [0.717, 1.165) is 12.2 Å². The smallest absolute Gasteiger partial charge is 0.120 e. The van der Waals surface area contributed by atoms with Crippen molar-refractivity contribution in [3.63, 3.8) is 0 Å². The van der Waals surface area contributed by atoms with Crippen molar-refractivity contribution < 1.29 is 4.74 Å². The molecule has 2 nitrogen and oxygen atoms in total. The fourth-order valence-corrected chi connectivity index (χ4v) is 2.95. The minimum Gasteiger partial charge on any atom is -0.490 e. The Labute approximate surface area is 118 Å². The van der Waals surface area contributed by atoms with Gasteiger partial charge in [0.15, 0.2) is 0 Å². The Balaban J connectivity index is 1.74. The summed E-state index contributed by atoms with van der Waals surface area (Å²) in [5.74, 6) is 1.01. The molecule has 0 bridgehead atoms. The van der Waals surface area contributed by atoms with Crippen molar-refractivity contribution in [2.45, 2.75) is 31.4 Å². The number of benzene rings is 1. The summed E-state index contributed by atoms with van der Waals surface area (Å²) in [6, 6.07) is 13.1. The lowest BCUT2D eigenvalue weighted by Gasteiger charge is -2.17. The molecular weight excluding hydrogens is 254 g/mol. The number of rotatable bonds is 6. The normalized spacial score (nSPS) is 16.3. The van der Waals surface area contributed by atoms with Gasteiger partial charge in [-0.1, -0.05) is 18.2 Å². The predicted octanol–water partition coefficient (Wildman–Crippen LogP) is 3.79. The lowest BCUT2D eigenvalue weighted by molar-refractivity contribution is 0.302. The van der Waals surface area contributed by atoms with Crippen LogP contribution in [0.4, 0.5) is 0 Å². The molecule has 0 amide bonds. The molecule has 1 saturated carbocycles. The first-order valence-corrected chi connectivity index (χ1v) is 7.69. The van der Waals surface area contributed by atoms with Gasteiger partial charge in [0.2, 0.25) is 0 Å². The van der Waals surface area contributed by atoms with Crippen LogP contribution < -0.4 is 10.1 Å². The van der Waals surface area contributed by atoms with Gasteiger partial charge in [0.25, 0.3) is 0 Å². The van der Waals surface area contributed by atoms with E-state index in [9.17, 15) is 0 Å². The van der Waals surface area contributed by atoms with Crippen molar-refractivity contribution in [3.05, 3.63) is 52.2 Å². The number of thiophene rings is 1. The second-order valence-electron chi connectivity index (χ2n) is 5.01. The maximum atomic E-state index is 5.87. The van der Waals surface area contributed by atoms with Gasteiger partial charge in [-0.05, 0) is 49.0 Å². The zero-order chi connectivity index (χ0) is 13.1. The molecule has 0 spiro atoms. The third-order valence-corrected chi connectivity index (χ3v) is 4.32. The van der Waals surface area contributed by atoms with E-state index in [4.69, 9.17) is 4.74 Å². The highest BCUT2D eigenvalue weighted by Crippen LogP contribution is 2.29. The lowest BCUT2D eigenvalue weighted by Crippen LogP contribution is -2.18. The molecule has 1 aromatic heterocycles. The van der Waals surface area contributed by atoms with Crippen LogP contribution in [0.1, 0.15) is 29.3 Å². The van der Waals surface area contributed by atoms with E-state index in [-0.39, 0.29) is 0 Å². The Morgan fingerprint density at radius 2 is 2.21 bits per heavy atom. The van der Waals surface area contributed by atoms with E-state index in [1.165, 1.54) is 23.3 Å². The average molecular weight is 273 g/mol. The average Bonchev–Trinajstić information content (AvgIpc) is 3.09. The molecule has 0 radical (unpaired) electrons. The van der Waals surface area contributed by atoms with Crippen LogP contribution in [-0.2, 0) is 6.42 Å². The third kappa shape index (κ3) is 3.37. The molecule has 3 rings (SSSR count). The first-order valence-electron chi connectivity index (χ1n) is 6.81. The quantitative estimate of drug-likeness (QED) is 0.864. The van der Waals surface area contributed by atoms with Crippen molar-refractivity contribution >= 4 is 11.3 Å². The summed E-state index contributed by atoms with van der Waals surface area (Å²) < 4.78 is 5.87. The fraction of sp³-hybridized carbons (Fsp3) is 0.375. The summed E-state index contributed by atoms with van der Waals surface area (Å²) in [7, 11) is 2.02. The first kappa shape index (κ1) is 12.7. The Kier molecular flexibility index (Phi) is 3.85. The minimum absolute atomic E-state index is 0.349. The highest BCUT2D eigenvalue weighted by molar-refractivity contribution is 7.09. The largest absolute Gasteiger partial charge is 0.490 e. The van der Waals surface area contributed by atoms with Gasteiger partial charge >= 0.3 is 0 Å². The monoisotopic (exact) mass is 273 g/mol. The topological polar surface area (TPSA) is 21.3 Å². The number of nitrogens with one attached hydrogen (secondary N) is 1. The molecule has 1 heterocycles. The SMILES string of the molecule is CNC(Cc1cccs1)c1cccc(OC2CC2)c1. The summed E-state index contributed by atoms with van der Waals surface area (Å²) in [6.45, 7) is 0. The molecule has 0 aliphatic heterocycles. The summed E-state index contributed by atoms with van der Waals surface area (Å²) in [5.41, 5.74) is 1.30. The second kappa shape index (κ2) is 5.76. The lowest BCUT2D eigenvalue weighted by atomic mass is 10.0. The maximum Gasteiger partial charge on any atom is 0.120 e. The van der Waals surface area contributed by atoms with Crippen LogP contribution in [0.25, 0.3) is 0 Å². The van der Waals surface area contributed by atoms with Crippen LogP contribution in [-0.4, -0.2) is 13.2 Å². The van der Waals surface area contributed by atoms with Gasteiger partial charge in [-0.15, -0.1) is 11.3 Å². The van der Waals surface area contributed by atoms with Crippen LogP contribution >= 0.6 is 11.3 Å². The minimum atomic E-state index is 0.349. The van der Waals surface area contributed by atoms with Gasteiger partial charge in [-0.3, -0.25) is 0 Å². The molecule has 3 heteroatoms. The van der Waals surface area contributed by atoms with E-state index in [1.807, 2.05) is 18.4 Å². The van der Waals surface area contributed by atoms with Crippen LogP contribution in [0.15, 0.2) is 41.8 Å². The Bertz CT molecular complexity index is 519. The number of hydrogen-bond acceptors (Lipinski definition) is 3. The second-order valence-corrected chi connectivity index (χ2v) is 6.05. The first-order chi connectivity index (χ1) is 9.35. The summed E-state index contributed by atoms with van der Waals surface area (Å²) in [5, 5.41) is 5.54. The standard InChI is InChI=1S/C16H19NOS/c1-17-16(11-15-6-3-9-19-15)12-4-2-5-14(10-12)18-13-7-8-13/h2-6,9-10,13,16-17H,7-8,11H2,1H3. The molecule has 1 N–H and O–H groups in total. The molecular formula is C16H19NOS. The highest BCUT2D eigenvalue weighted by Gasteiger charge is 2.23. The number of ether oxygens (including phenoxy) is 1. The molecule has 2 aromatic rings. The van der Waals surface area contributed by atoms with E-state index in [2.05, 4.69) is 47.1 Å². The Morgan fingerprint density at radius 3 is 2.89 bits per heavy atom. The molecule has 1 fully saturated rings. The summed E-state index contributed by atoms with van der Waals surface area (Å²) in [6.07, 6.45) is 3.89. The van der Waals surface area contributed by atoms with E-state index < -0.39 is 0 Å². The number of hydrogen-bond donors (Lipinski definition) is 1. The van der Waals surface area contributed by atoms with Crippen molar-refractivity contribution in [2.24, 2.45) is 0 Å². The fourth-order valence-electron chi connectivity index (χ4n) is 2.20. The summed E-state index contributed by atoms with van der Waals surface area (Å²) in [4.78, 5) is 1.41. The van der Waals surface area contributed by atoms with Crippen molar-refractivity contribution in [1.82, 2.24) is 5.32 Å². The molecule has 0 saturated heterocycles. The van der Waals surface area contributed by atoms with Gasteiger partial charge < -0.3 is 10.1 Å². The van der Waals surface area contributed by atoms with Crippen LogP contribution in [0.3, 0.4) is 0 Å². The van der Waals surface area contributed by atoms with E-state index in [1.54, 1.807) is 0 Å². The van der Waals surface area contributed by atoms with Crippen molar-refractivity contribution in [1.29, 1.82) is 0 Å². The molecule has 1 aromatic carbocycles.